The molecule has 0 aliphatic carbocycles. The average Bonchev–Trinajstić information content (AvgIpc) is 3.26. The summed E-state index contributed by atoms with van der Waals surface area (Å²) in [5.41, 5.74) is 1.82. The zero-order valence-electron chi connectivity index (χ0n) is 17.8. The second kappa shape index (κ2) is 7.47. The van der Waals surface area contributed by atoms with Gasteiger partial charge in [0.15, 0.2) is 0 Å². The van der Waals surface area contributed by atoms with Crippen LogP contribution in [0.4, 0.5) is 15.8 Å². The van der Waals surface area contributed by atoms with Crippen LogP contribution in [0.15, 0.2) is 36.4 Å². The first-order chi connectivity index (χ1) is 14.6. The number of carbonyl (C=O) groups excluding carboxylic acids is 2. The van der Waals surface area contributed by atoms with Crippen LogP contribution in [-0.2, 0) is 21.4 Å². The molecule has 2 unspecified atom stereocenters. The van der Waals surface area contributed by atoms with E-state index in [4.69, 9.17) is 5.26 Å². The van der Waals surface area contributed by atoms with Crippen molar-refractivity contribution in [3.05, 3.63) is 58.9 Å². The Morgan fingerprint density at radius 3 is 2.65 bits per heavy atom. The molecule has 2 atom stereocenters. The predicted molar refractivity (Wildman–Crippen MR) is 116 cm³/mol. The molecule has 6 nitrogen and oxygen atoms in total. The smallest absolute Gasteiger partial charge is 0.241 e. The Kier molecular flexibility index (Phi) is 5.06. The lowest BCUT2D eigenvalue weighted by Gasteiger charge is -2.22. The molecule has 0 bridgehead atoms. The highest BCUT2D eigenvalue weighted by Gasteiger charge is 2.53. The van der Waals surface area contributed by atoms with Crippen LogP contribution in [0, 0.1) is 22.6 Å². The van der Waals surface area contributed by atoms with Gasteiger partial charge in [-0.25, -0.2) is 4.39 Å². The van der Waals surface area contributed by atoms with Crippen LogP contribution in [-0.4, -0.2) is 24.4 Å². The molecule has 7 heteroatoms. The Balaban J connectivity index is 1.55. The molecule has 1 spiro atoms. The zero-order chi connectivity index (χ0) is 22.4. The summed E-state index contributed by atoms with van der Waals surface area (Å²) in [6.45, 7) is 6.38. The fourth-order valence-electron chi connectivity index (χ4n) is 4.40. The van der Waals surface area contributed by atoms with Crippen LogP contribution in [0.1, 0.15) is 43.9 Å². The number of rotatable bonds is 3. The highest BCUT2D eigenvalue weighted by atomic mass is 19.1. The van der Waals surface area contributed by atoms with E-state index in [1.165, 1.54) is 6.07 Å². The summed E-state index contributed by atoms with van der Waals surface area (Å²) in [5.74, 6) is -0.807. The van der Waals surface area contributed by atoms with E-state index in [0.29, 0.717) is 34.5 Å². The first kappa shape index (κ1) is 21.0. The van der Waals surface area contributed by atoms with E-state index < -0.39 is 11.5 Å². The van der Waals surface area contributed by atoms with Crippen molar-refractivity contribution in [3.63, 3.8) is 0 Å². The van der Waals surface area contributed by atoms with Gasteiger partial charge in [0.1, 0.15) is 5.82 Å². The topological polar surface area (TPSA) is 94.0 Å². The Bertz CT molecular complexity index is 1100. The minimum atomic E-state index is -0.969. The van der Waals surface area contributed by atoms with Crippen molar-refractivity contribution in [1.82, 2.24) is 5.32 Å². The average molecular weight is 420 g/mol. The molecule has 4 rings (SSSR count). The summed E-state index contributed by atoms with van der Waals surface area (Å²) < 4.78 is 14.9. The molecule has 0 radical (unpaired) electrons. The molecule has 3 N–H and O–H groups in total. The summed E-state index contributed by atoms with van der Waals surface area (Å²) in [4.78, 5) is 25.7. The molecule has 2 aliphatic heterocycles. The normalized spacial score (nSPS) is 22.2. The molecule has 1 fully saturated rings. The number of carbonyl (C=O) groups is 2. The maximum absolute atomic E-state index is 14.9. The maximum Gasteiger partial charge on any atom is 0.241 e. The molecule has 2 aliphatic rings. The first-order valence-corrected chi connectivity index (χ1v) is 10.3. The number of fused-ring (bicyclic) bond motifs is 2. The number of nitriles is 1. The third kappa shape index (κ3) is 3.91. The van der Waals surface area contributed by atoms with Gasteiger partial charge < -0.3 is 16.0 Å². The lowest BCUT2D eigenvalue weighted by molar-refractivity contribution is -0.120. The second-order valence-corrected chi connectivity index (χ2v) is 9.58. The fourth-order valence-corrected chi connectivity index (χ4v) is 4.40. The standard InChI is InChI=1S/C24H25FN4O2/c1-23(2,3)10-15-8-19-17(9-18(15)25)24(22(31)29-19)11-20(27-13-24)21(30)28-16-6-4-14(12-26)5-7-16/h4-9,20,27H,10-11,13H2,1-3H3,(H,28,30)(H,29,31). The van der Waals surface area contributed by atoms with Crippen molar-refractivity contribution in [2.24, 2.45) is 5.41 Å². The molecule has 2 aromatic carbocycles. The minimum absolute atomic E-state index is 0.0844. The van der Waals surface area contributed by atoms with Crippen molar-refractivity contribution in [3.8, 4) is 6.07 Å². The Morgan fingerprint density at radius 2 is 2.00 bits per heavy atom. The van der Waals surface area contributed by atoms with Crippen LogP contribution >= 0.6 is 0 Å². The summed E-state index contributed by atoms with van der Waals surface area (Å²) in [6.07, 6.45) is 0.800. The highest BCUT2D eigenvalue weighted by molar-refractivity contribution is 6.08. The van der Waals surface area contributed by atoms with Crippen LogP contribution in [0.25, 0.3) is 0 Å². The number of nitrogens with one attached hydrogen (secondary N) is 3. The van der Waals surface area contributed by atoms with Crippen molar-refractivity contribution in [2.75, 3.05) is 17.2 Å². The largest absolute Gasteiger partial charge is 0.325 e. The van der Waals surface area contributed by atoms with E-state index in [1.54, 1.807) is 30.3 Å². The van der Waals surface area contributed by atoms with Crippen molar-refractivity contribution < 1.29 is 14.0 Å². The molecule has 2 amide bonds. The number of halogens is 1. The highest BCUT2D eigenvalue weighted by Crippen LogP contribution is 2.45. The van der Waals surface area contributed by atoms with Gasteiger partial charge in [-0.1, -0.05) is 20.8 Å². The van der Waals surface area contributed by atoms with E-state index in [9.17, 15) is 14.0 Å². The Hall–Kier alpha value is -3.24. The van der Waals surface area contributed by atoms with E-state index >= 15 is 0 Å². The van der Waals surface area contributed by atoms with Gasteiger partial charge in [-0.05, 0) is 65.8 Å². The molecule has 2 aromatic rings. The summed E-state index contributed by atoms with van der Waals surface area (Å²) in [6, 6.07) is 11.2. The Labute approximate surface area is 180 Å². The van der Waals surface area contributed by atoms with Crippen LogP contribution < -0.4 is 16.0 Å². The molecule has 0 saturated carbocycles. The van der Waals surface area contributed by atoms with Crippen molar-refractivity contribution in [1.29, 1.82) is 5.26 Å². The lowest BCUT2D eigenvalue weighted by Crippen LogP contribution is -2.36. The SMILES string of the molecule is CC(C)(C)Cc1cc2c(cc1F)C1(CNC(C(=O)Nc3ccc(C#N)cc3)C1)C(=O)N2. The van der Waals surface area contributed by atoms with Gasteiger partial charge in [0, 0.05) is 17.9 Å². The quantitative estimate of drug-likeness (QED) is 0.709. The summed E-state index contributed by atoms with van der Waals surface area (Å²) in [7, 11) is 0. The summed E-state index contributed by atoms with van der Waals surface area (Å²) >= 11 is 0. The number of amides is 2. The number of benzene rings is 2. The fraction of sp³-hybridized carbons (Fsp3) is 0.375. The Morgan fingerprint density at radius 1 is 1.29 bits per heavy atom. The number of hydrogen-bond acceptors (Lipinski definition) is 4. The number of hydrogen-bond donors (Lipinski definition) is 3. The summed E-state index contributed by atoms with van der Waals surface area (Å²) in [5, 5.41) is 17.7. The molecule has 160 valence electrons. The molecule has 0 aromatic heterocycles. The maximum atomic E-state index is 14.9. The molecule has 1 saturated heterocycles. The molecular weight excluding hydrogens is 395 g/mol. The third-order valence-corrected chi connectivity index (χ3v) is 5.91. The number of nitrogens with zero attached hydrogens (tertiary/aromatic N) is 1. The van der Waals surface area contributed by atoms with Gasteiger partial charge in [-0.2, -0.15) is 5.26 Å². The zero-order valence-corrected chi connectivity index (χ0v) is 17.8. The third-order valence-electron chi connectivity index (χ3n) is 5.91. The number of anilines is 2. The van der Waals surface area contributed by atoms with Gasteiger partial charge in [0.25, 0.3) is 0 Å². The van der Waals surface area contributed by atoms with Crippen molar-refractivity contribution in [2.45, 2.75) is 45.1 Å². The van der Waals surface area contributed by atoms with Gasteiger partial charge in [-0.15, -0.1) is 0 Å². The van der Waals surface area contributed by atoms with Crippen LogP contribution in [0.3, 0.4) is 0 Å². The van der Waals surface area contributed by atoms with Gasteiger partial charge in [-0.3, -0.25) is 9.59 Å². The van der Waals surface area contributed by atoms with Crippen LogP contribution in [0.5, 0.6) is 0 Å². The van der Waals surface area contributed by atoms with E-state index in [2.05, 4.69) is 16.0 Å². The molecular formula is C24H25FN4O2. The molecule has 31 heavy (non-hydrogen) atoms. The van der Waals surface area contributed by atoms with Gasteiger partial charge in [0.05, 0.1) is 23.1 Å². The van der Waals surface area contributed by atoms with Gasteiger partial charge in [0.2, 0.25) is 11.8 Å². The van der Waals surface area contributed by atoms with Crippen molar-refractivity contribution >= 4 is 23.2 Å². The predicted octanol–water partition coefficient (Wildman–Crippen LogP) is 3.48. The van der Waals surface area contributed by atoms with Crippen LogP contribution in [0.2, 0.25) is 0 Å². The van der Waals surface area contributed by atoms with E-state index in [1.807, 2.05) is 26.8 Å². The first-order valence-electron chi connectivity index (χ1n) is 10.3. The second-order valence-electron chi connectivity index (χ2n) is 9.58. The van der Waals surface area contributed by atoms with E-state index in [0.717, 1.165) is 0 Å². The van der Waals surface area contributed by atoms with E-state index in [-0.39, 0.29) is 36.0 Å². The van der Waals surface area contributed by atoms with Gasteiger partial charge >= 0.3 is 0 Å². The lowest BCUT2D eigenvalue weighted by atomic mass is 9.78. The molecule has 2 heterocycles. The minimum Gasteiger partial charge on any atom is -0.325 e. The monoisotopic (exact) mass is 420 g/mol.